The van der Waals surface area contributed by atoms with Gasteiger partial charge in [0.05, 0.1) is 22.4 Å². The van der Waals surface area contributed by atoms with Crippen molar-refractivity contribution in [3.8, 4) is 0 Å². The molecule has 0 spiro atoms. The number of rotatable bonds is 6. The van der Waals surface area contributed by atoms with Crippen LogP contribution in [0, 0.1) is 0 Å². The van der Waals surface area contributed by atoms with Crippen LogP contribution in [0.25, 0.3) is 23.2 Å². The molecule has 2 nitrogen and oxygen atoms in total. The number of hydrogen-bond donors (Lipinski definition) is 0. The lowest BCUT2D eigenvalue weighted by Crippen LogP contribution is -1.94. The topological polar surface area (TPSA) is 25.8 Å². The number of hydrogen-bond acceptors (Lipinski definition) is 2. The minimum Gasteiger partial charge on any atom is -0.245 e. The zero-order chi connectivity index (χ0) is 19.0. The molecular formula is C26H22N2. The van der Waals surface area contributed by atoms with Gasteiger partial charge in [-0.15, -0.1) is 0 Å². The summed E-state index contributed by atoms with van der Waals surface area (Å²) in [6.07, 6.45) is 10.2. The van der Waals surface area contributed by atoms with Gasteiger partial charge in [-0.3, -0.25) is 0 Å². The molecule has 0 fully saturated rings. The number of para-hydroxylation sites is 2. The molecule has 3 aromatic carbocycles. The van der Waals surface area contributed by atoms with Crippen molar-refractivity contribution < 1.29 is 0 Å². The molecule has 0 unspecified atom stereocenters. The van der Waals surface area contributed by atoms with Crippen molar-refractivity contribution in [3.63, 3.8) is 0 Å². The Kier molecular flexibility index (Phi) is 5.69. The van der Waals surface area contributed by atoms with E-state index in [4.69, 9.17) is 9.97 Å². The smallest absolute Gasteiger partial charge is 0.0894 e. The number of benzene rings is 3. The van der Waals surface area contributed by atoms with Crippen LogP contribution in [0.2, 0.25) is 0 Å². The van der Waals surface area contributed by atoms with Gasteiger partial charge in [0.25, 0.3) is 0 Å². The van der Waals surface area contributed by atoms with E-state index in [0.717, 1.165) is 35.3 Å². The first-order chi connectivity index (χ1) is 13.9. The first kappa shape index (κ1) is 17.9. The van der Waals surface area contributed by atoms with Crippen LogP contribution in [0.5, 0.6) is 0 Å². The fraction of sp³-hybridized carbons (Fsp3) is 0.0769. The fourth-order valence-corrected chi connectivity index (χ4v) is 3.11. The van der Waals surface area contributed by atoms with Gasteiger partial charge >= 0.3 is 0 Å². The Balaban J connectivity index is 1.60. The predicted octanol–water partition coefficient (Wildman–Crippen LogP) is 6.14. The molecule has 1 aromatic heterocycles. The highest BCUT2D eigenvalue weighted by Crippen LogP contribution is 2.16. The van der Waals surface area contributed by atoms with E-state index in [1.165, 1.54) is 11.1 Å². The second kappa shape index (κ2) is 8.92. The third kappa shape index (κ3) is 4.60. The SMILES string of the molecule is C(=Cc1nc2ccccc2nc1C=CCc1ccccc1)Cc1ccccc1. The summed E-state index contributed by atoms with van der Waals surface area (Å²) in [5.74, 6) is 0. The maximum absolute atomic E-state index is 4.83. The molecule has 0 atom stereocenters. The molecule has 136 valence electrons. The molecule has 4 rings (SSSR count). The Bertz CT molecular complexity index is 1010. The van der Waals surface area contributed by atoms with Crippen molar-refractivity contribution in [3.05, 3.63) is 120 Å². The van der Waals surface area contributed by atoms with Crippen molar-refractivity contribution in [2.45, 2.75) is 12.8 Å². The molecule has 0 aliphatic rings. The van der Waals surface area contributed by atoms with Crippen molar-refractivity contribution in [2.24, 2.45) is 0 Å². The first-order valence-corrected chi connectivity index (χ1v) is 9.56. The molecule has 4 aromatic rings. The Labute approximate surface area is 165 Å². The van der Waals surface area contributed by atoms with Gasteiger partial charge in [0, 0.05) is 0 Å². The molecule has 1 heterocycles. The molecule has 0 saturated carbocycles. The zero-order valence-corrected chi connectivity index (χ0v) is 15.7. The molecular weight excluding hydrogens is 340 g/mol. The Morgan fingerprint density at radius 2 is 0.893 bits per heavy atom. The normalized spacial score (nSPS) is 11.6. The lowest BCUT2D eigenvalue weighted by Gasteiger charge is -2.04. The van der Waals surface area contributed by atoms with Crippen LogP contribution in [0.4, 0.5) is 0 Å². The molecule has 0 amide bonds. The van der Waals surface area contributed by atoms with Crippen molar-refractivity contribution >= 4 is 23.2 Å². The van der Waals surface area contributed by atoms with E-state index in [1.54, 1.807) is 0 Å². The number of aromatic nitrogens is 2. The molecule has 0 bridgehead atoms. The summed E-state index contributed by atoms with van der Waals surface area (Å²) < 4.78 is 0. The molecule has 28 heavy (non-hydrogen) atoms. The lowest BCUT2D eigenvalue weighted by molar-refractivity contribution is 1.22. The van der Waals surface area contributed by atoms with Crippen LogP contribution in [0.1, 0.15) is 22.5 Å². The summed E-state index contributed by atoms with van der Waals surface area (Å²) in [7, 11) is 0. The zero-order valence-electron chi connectivity index (χ0n) is 15.7. The third-order valence-electron chi connectivity index (χ3n) is 4.57. The summed E-state index contributed by atoms with van der Waals surface area (Å²) in [6, 6.07) is 28.9. The van der Waals surface area contributed by atoms with E-state index < -0.39 is 0 Å². The standard InChI is InChI=1S/C26H22N2/c1-3-11-21(12-4-1)15-9-19-25-26(20-10-16-22-13-5-2-6-14-22)28-24-18-8-7-17-23(24)27-25/h1-14,17-20H,15-16H2. The average Bonchev–Trinajstić information content (AvgIpc) is 2.75. The van der Waals surface area contributed by atoms with E-state index in [1.807, 2.05) is 36.4 Å². The van der Waals surface area contributed by atoms with Crippen LogP contribution < -0.4 is 0 Å². The van der Waals surface area contributed by atoms with E-state index in [2.05, 4.69) is 72.8 Å². The monoisotopic (exact) mass is 362 g/mol. The summed E-state index contributed by atoms with van der Waals surface area (Å²) in [5, 5.41) is 0. The number of nitrogens with zero attached hydrogens (tertiary/aromatic N) is 2. The Morgan fingerprint density at radius 3 is 1.32 bits per heavy atom. The van der Waals surface area contributed by atoms with E-state index in [-0.39, 0.29) is 0 Å². The molecule has 0 aliphatic carbocycles. The molecule has 0 saturated heterocycles. The highest BCUT2D eigenvalue weighted by Gasteiger charge is 2.04. The van der Waals surface area contributed by atoms with E-state index in [9.17, 15) is 0 Å². The second-order valence-corrected chi connectivity index (χ2v) is 6.67. The van der Waals surface area contributed by atoms with Crippen molar-refractivity contribution in [1.82, 2.24) is 9.97 Å². The minimum absolute atomic E-state index is 0.877. The maximum Gasteiger partial charge on any atom is 0.0894 e. The van der Waals surface area contributed by atoms with E-state index in [0.29, 0.717) is 0 Å². The van der Waals surface area contributed by atoms with Gasteiger partial charge in [0.1, 0.15) is 0 Å². The van der Waals surface area contributed by atoms with Gasteiger partial charge in [0.2, 0.25) is 0 Å². The first-order valence-electron chi connectivity index (χ1n) is 9.56. The molecule has 0 aliphatic heterocycles. The molecule has 0 radical (unpaired) electrons. The molecule has 0 N–H and O–H groups in total. The van der Waals surface area contributed by atoms with Crippen LogP contribution in [-0.2, 0) is 12.8 Å². The summed E-state index contributed by atoms with van der Waals surface area (Å²) in [5.41, 5.74) is 6.21. The van der Waals surface area contributed by atoms with Crippen molar-refractivity contribution in [2.75, 3.05) is 0 Å². The van der Waals surface area contributed by atoms with Crippen LogP contribution >= 0.6 is 0 Å². The Morgan fingerprint density at radius 1 is 0.500 bits per heavy atom. The third-order valence-corrected chi connectivity index (χ3v) is 4.57. The summed E-state index contributed by atoms with van der Waals surface area (Å²) in [4.78, 5) is 9.66. The summed E-state index contributed by atoms with van der Waals surface area (Å²) in [6.45, 7) is 0. The van der Waals surface area contributed by atoms with Gasteiger partial charge in [-0.1, -0.05) is 84.9 Å². The number of fused-ring (bicyclic) bond motifs is 1. The van der Waals surface area contributed by atoms with Gasteiger partial charge in [-0.05, 0) is 48.3 Å². The van der Waals surface area contributed by atoms with Crippen LogP contribution in [0.3, 0.4) is 0 Å². The summed E-state index contributed by atoms with van der Waals surface area (Å²) >= 11 is 0. The Hall–Kier alpha value is -3.52. The van der Waals surface area contributed by atoms with E-state index >= 15 is 0 Å². The van der Waals surface area contributed by atoms with Gasteiger partial charge in [0.15, 0.2) is 0 Å². The largest absolute Gasteiger partial charge is 0.245 e. The van der Waals surface area contributed by atoms with Gasteiger partial charge in [-0.25, -0.2) is 9.97 Å². The average molecular weight is 362 g/mol. The van der Waals surface area contributed by atoms with Crippen LogP contribution in [-0.4, -0.2) is 9.97 Å². The second-order valence-electron chi connectivity index (χ2n) is 6.67. The minimum atomic E-state index is 0.877. The van der Waals surface area contributed by atoms with Gasteiger partial charge < -0.3 is 0 Å². The lowest BCUT2D eigenvalue weighted by atomic mass is 10.1. The van der Waals surface area contributed by atoms with Crippen LogP contribution in [0.15, 0.2) is 97.1 Å². The molecule has 2 heteroatoms. The highest BCUT2D eigenvalue weighted by atomic mass is 14.8. The fourth-order valence-electron chi connectivity index (χ4n) is 3.11. The quantitative estimate of drug-likeness (QED) is 0.411. The highest BCUT2D eigenvalue weighted by molar-refractivity contribution is 5.77. The number of allylic oxidation sites excluding steroid dienone is 2. The van der Waals surface area contributed by atoms with Crippen molar-refractivity contribution in [1.29, 1.82) is 0 Å². The predicted molar refractivity (Wildman–Crippen MR) is 118 cm³/mol. The van der Waals surface area contributed by atoms with Gasteiger partial charge in [-0.2, -0.15) is 0 Å². The maximum atomic E-state index is 4.83.